The molecule has 5 rings (SSSR count). The van der Waals surface area contributed by atoms with E-state index in [2.05, 4.69) is 40.8 Å². The minimum Gasteiger partial charge on any atom is -0.364 e. The molecule has 5 aromatic heterocycles. The molecule has 0 aromatic carbocycles. The van der Waals surface area contributed by atoms with Crippen LogP contribution in [0.25, 0.3) is 22.4 Å². The van der Waals surface area contributed by atoms with E-state index in [4.69, 9.17) is 0 Å². The number of rotatable bonds is 6. The van der Waals surface area contributed by atoms with E-state index in [1.807, 2.05) is 0 Å². The average Bonchev–Trinajstić information content (AvgIpc) is 2.91. The van der Waals surface area contributed by atoms with Crippen molar-refractivity contribution in [2.24, 2.45) is 0 Å². The topological polar surface area (TPSA) is 101 Å². The third-order valence-electron chi connectivity index (χ3n) is 5.50. The molecule has 0 bridgehead atoms. The number of anilines is 3. The van der Waals surface area contributed by atoms with Crippen LogP contribution in [-0.4, -0.2) is 30.1 Å². The summed E-state index contributed by atoms with van der Waals surface area (Å²) in [5.74, 6) is 0.0449. The zero-order valence-corrected chi connectivity index (χ0v) is 19.6. The van der Waals surface area contributed by atoms with Crippen LogP contribution in [0.2, 0.25) is 0 Å². The largest absolute Gasteiger partial charge is 0.418 e. The van der Waals surface area contributed by atoms with Gasteiger partial charge in [0.05, 0.1) is 22.5 Å². The summed E-state index contributed by atoms with van der Waals surface area (Å²) < 4.78 is 80.3. The lowest BCUT2D eigenvalue weighted by molar-refractivity contribution is -0.138. The maximum absolute atomic E-state index is 14.0. The monoisotopic (exact) mass is 542 g/mol. The Morgan fingerprint density at radius 2 is 1.62 bits per heavy atom. The molecule has 0 fully saturated rings. The van der Waals surface area contributed by atoms with Gasteiger partial charge in [0, 0.05) is 36.7 Å². The van der Waals surface area contributed by atoms with Crippen LogP contribution in [0, 0.1) is 0 Å². The molecule has 0 amide bonds. The lowest BCUT2D eigenvalue weighted by atomic mass is 10.1. The maximum atomic E-state index is 14.0. The van der Waals surface area contributed by atoms with Crippen LogP contribution in [0.15, 0.2) is 73.3 Å². The van der Waals surface area contributed by atoms with Gasteiger partial charge in [-0.1, -0.05) is 6.07 Å². The smallest absolute Gasteiger partial charge is 0.364 e. The Morgan fingerprint density at radius 1 is 0.769 bits per heavy atom. The van der Waals surface area contributed by atoms with Gasteiger partial charge in [-0.15, -0.1) is 10.2 Å². The number of nitrogens with one attached hydrogen (secondary N) is 2. The number of fused-ring (bicyclic) bond motifs is 1. The van der Waals surface area contributed by atoms with Gasteiger partial charge in [-0.25, -0.2) is 15.0 Å². The highest BCUT2D eigenvalue weighted by atomic mass is 19.4. The van der Waals surface area contributed by atoms with Gasteiger partial charge < -0.3 is 10.6 Å². The Bertz CT molecular complexity index is 1610. The molecule has 0 radical (unpaired) electrons. The number of nitrogens with zero attached hydrogens (tertiary/aromatic N) is 6. The van der Waals surface area contributed by atoms with Crippen LogP contribution < -0.4 is 10.6 Å². The van der Waals surface area contributed by atoms with Crippen LogP contribution in [-0.2, 0) is 18.9 Å². The predicted octanol–water partition coefficient (Wildman–Crippen LogP) is 6.27. The Hall–Kier alpha value is -4.88. The summed E-state index contributed by atoms with van der Waals surface area (Å²) in [4.78, 5) is 16.1. The molecule has 0 aliphatic carbocycles. The van der Waals surface area contributed by atoms with Gasteiger partial charge in [0.1, 0.15) is 17.3 Å². The van der Waals surface area contributed by atoms with Gasteiger partial charge in [0.15, 0.2) is 5.65 Å². The lowest BCUT2D eigenvalue weighted by Gasteiger charge is -2.14. The molecule has 0 aliphatic rings. The van der Waals surface area contributed by atoms with Crippen LogP contribution in [0.4, 0.5) is 43.7 Å². The molecule has 2 N–H and O–H groups in total. The standard InChI is InChI=1S/C25H16F6N8/c26-24(27,28)15-3-6-20(35-13-15)36-18-7-9-33-23-16(18)4-5-19(37-23)22-17(25(29,30)31)10-21(38-39-22)34-12-14-2-1-8-32-11-14/h1-11,13H,12H2,(H,34,38)(H,33,35,36,37). The summed E-state index contributed by atoms with van der Waals surface area (Å²) in [6, 6.07) is 10.7. The summed E-state index contributed by atoms with van der Waals surface area (Å²) in [7, 11) is 0. The van der Waals surface area contributed by atoms with Crippen molar-refractivity contribution in [1.29, 1.82) is 0 Å². The molecular weight excluding hydrogens is 526 g/mol. The van der Waals surface area contributed by atoms with Crippen molar-refractivity contribution < 1.29 is 26.3 Å². The molecular formula is C25H16F6N8. The number of hydrogen-bond acceptors (Lipinski definition) is 8. The van der Waals surface area contributed by atoms with Crippen LogP contribution in [0.3, 0.4) is 0 Å². The molecule has 5 heterocycles. The number of alkyl halides is 6. The molecule has 0 aliphatic heterocycles. The highest BCUT2D eigenvalue weighted by molar-refractivity contribution is 5.91. The van der Waals surface area contributed by atoms with Crippen molar-refractivity contribution in [3.63, 3.8) is 0 Å². The van der Waals surface area contributed by atoms with Crippen LogP contribution >= 0.6 is 0 Å². The first-order valence-corrected chi connectivity index (χ1v) is 11.2. The first-order chi connectivity index (χ1) is 18.6. The van der Waals surface area contributed by atoms with E-state index >= 15 is 0 Å². The quantitative estimate of drug-likeness (QED) is 0.242. The molecule has 0 saturated carbocycles. The zero-order valence-electron chi connectivity index (χ0n) is 19.6. The van der Waals surface area contributed by atoms with E-state index in [1.165, 1.54) is 24.4 Å². The van der Waals surface area contributed by atoms with Gasteiger partial charge in [-0.2, -0.15) is 26.3 Å². The third kappa shape index (κ3) is 5.84. The molecule has 198 valence electrons. The maximum Gasteiger partial charge on any atom is 0.418 e. The van der Waals surface area contributed by atoms with E-state index in [0.29, 0.717) is 17.3 Å². The number of aromatic nitrogens is 6. The highest BCUT2D eigenvalue weighted by Crippen LogP contribution is 2.37. The summed E-state index contributed by atoms with van der Waals surface area (Å²) in [6.07, 6.45) is -4.08. The van der Waals surface area contributed by atoms with Gasteiger partial charge in [0.2, 0.25) is 0 Å². The van der Waals surface area contributed by atoms with Gasteiger partial charge in [-0.3, -0.25) is 4.98 Å². The van der Waals surface area contributed by atoms with Crippen molar-refractivity contribution in [2.75, 3.05) is 10.6 Å². The van der Waals surface area contributed by atoms with E-state index in [0.717, 1.165) is 23.8 Å². The van der Waals surface area contributed by atoms with Crippen LogP contribution in [0.5, 0.6) is 0 Å². The number of pyridine rings is 4. The first-order valence-electron chi connectivity index (χ1n) is 11.2. The predicted molar refractivity (Wildman–Crippen MR) is 130 cm³/mol. The first kappa shape index (κ1) is 25.8. The second-order valence-corrected chi connectivity index (χ2v) is 8.19. The van der Waals surface area contributed by atoms with Crippen LogP contribution in [0.1, 0.15) is 16.7 Å². The molecule has 0 atom stereocenters. The van der Waals surface area contributed by atoms with Gasteiger partial charge >= 0.3 is 12.4 Å². The Kier molecular flexibility index (Phi) is 6.68. The van der Waals surface area contributed by atoms with Gasteiger partial charge in [-0.05, 0) is 48.0 Å². The van der Waals surface area contributed by atoms with E-state index < -0.39 is 29.2 Å². The fourth-order valence-corrected chi connectivity index (χ4v) is 3.62. The Balaban J connectivity index is 1.44. The van der Waals surface area contributed by atoms with Crippen molar-refractivity contribution in [3.05, 3.63) is 90.0 Å². The normalized spacial score (nSPS) is 11.9. The SMILES string of the molecule is FC(F)(F)c1ccc(Nc2ccnc3nc(-c4nnc(NCc5cccnc5)cc4C(F)(F)F)ccc23)nc1. The number of halogens is 6. The molecule has 8 nitrogen and oxygen atoms in total. The lowest BCUT2D eigenvalue weighted by Crippen LogP contribution is -2.12. The van der Waals surface area contributed by atoms with Crippen molar-refractivity contribution in [1.82, 2.24) is 30.1 Å². The highest BCUT2D eigenvalue weighted by Gasteiger charge is 2.36. The van der Waals surface area contributed by atoms with Crippen molar-refractivity contribution >= 4 is 28.4 Å². The fraction of sp³-hybridized carbons (Fsp3) is 0.120. The minimum atomic E-state index is -4.75. The zero-order chi connectivity index (χ0) is 27.6. The fourth-order valence-electron chi connectivity index (χ4n) is 3.62. The number of hydrogen-bond donors (Lipinski definition) is 2. The molecule has 14 heteroatoms. The summed E-state index contributed by atoms with van der Waals surface area (Å²) >= 11 is 0. The third-order valence-corrected chi connectivity index (χ3v) is 5.50. The second kappa shape index (κ2) is 10.1. The van der Waals surface area contributed by atoms with E-state index in [-0.39, 0.29) is 29.5 Å². The Labute approximate surface area is 216 Å². The van der Waals surface area contributed by atoms with E-state index in [1.54, 1.807) is 24.5 Å². The molecule has 0 saturated heterocycles. The molecule has 0 unspecified atom stereocenters. The molecule has 0 spiro atoms. The summed E-state index contributed by atoms with van der Waals surface area (Å²) in [5.41, 5.74) is -1.32. The van der Waals surface area contributed by atoms with E-state index in [9.17, 15) is 26.3 Å². The van der Waals surface area contributed by atoms with Gasteiger partial charge in [0.25, 0.3) is 0 Å². The summed E-state index contributed by atoms with van der Waals surface area (Å²) in [6.45, 7) is 0.195. The minimum absolute atomic E-state index is 0.0793. The second-order valence-electron chi connectivity index (χ2n) is 8.19. The molecule has 39 heavy (non-hydrogen) atoms. The Morgan fingerprint density at radius 3 is 2.31 bits per heavy atom. The summed E-state index contributed by atoms with van der Waals surface area (Å²) in [5, 5.41) is 13.8. The van der Waals surface area contributed by atoms with Crippen molar-refractivity contribution in [2.45, 2.75) is 18.9 Å². The molecule has 5 aromatic rings. The average molecular weight is 542 g/mol. The van der Waals surface area contributed by atoms with Crippen molar-refractivity contribution in [3.8, 4) is 11.4 Å².